The van der Waals surface area contributed by atoms with Crippen LogP contribution in [0.3, 0.4) is 0 Å². The van der Waals surface area contributed by atoms with Gasteiger partial charge in [-0.05, 0) is 42.1 Å². The van der Waals surface area contributed by atoms with Gasteiger partial charge in [-0.15, -0.1) is 0 Å². The summed E-state index contributed by atoms with van der Waals surface area (Å²) in [7, 11) is 0. The van der Waals surface area contributed by atoms with E-state index in [-0.39, 0.29) is 18.9 Å². The molecule has 0 bridgehead atoms. The van der Waals surface area contributed by atoms with Crippen LogP contribution in [0.15, 0.2) is 66.0 Å². The Kier molecular flexibility index (Phi) is 5.25. The van der Waals surface area contributed by atoms with Crippen molar-refractivity contribution >= 4 is 22.5 Å². The van der Waals surface area contributed by atoms with E-state index < -0.39 is 6.04 Å². The molecule has 32 heavy (non-hydrogen) atoms. The van der Waals surface area contributed by atoms with Gasteiger partial charge in [0.05, 0.1) is 42.5 Å². The van der Waals surface area contributed by atoms with Crippen molar-refractivity contribution in [2.45, 2.75) is 25.9 Å². The number of aliphatic hydroxyl groups is 1. The van der Waals surface area contributed by atoms with Crippen LogP contribution in [-0.4, -0.2) is 38.3 Å². The summed E-state index contributed by atoms with van der Waals surface area (Å²) in [6.45, 7) is 2.33. The Labute approximate surface area is 185 Å². The van der Waals surface area contributed by atoms with Crippen molar-refractivity contribution < 1.29 is 9.90 Å². The van der Waals surface area contributed by atoms with Gasteiger partial charge in [0.2, 0.25) is 5.91 Å². The van der Waals surface area contributed by atoms with Crippen LogP contribution in [-0.2, 0) is 17.8 Å². The summed E-state index contributed by atoms with van der Waals surface area (Å²) in [4.78, 5) is 29.4. The zero-order valence-electron chi connectivity index (χ0n) is 17.7. The van der Waals surface area contributed by atoms with Gasteiger partial charge in [-0.25, -0.2) is 0 Å². The molecule has 7 nitrogen and oxygen atoms in total. The molecule has 0 unspecified atom stereocenters. The van der Waals surface area contributed by atoms with Crippen LogP contribution < -0.4 is 5.32 Å². The van der Waals surface area contributed by atoms with Crippen LogP contribution in [0.4, 0.5) is 0 Å². The molecule has 160 valence electrons. The van der Waals surface area contributed by atoms with Crippen molar-refractivity contribution in [3.8, 4) is 0 Å². The number of amides is 1. The molecule has 0 fully saturated rings. The Hall–Kier alpha value is -3.84. The van der Waals surface area contributed by atoms with Crippen LogP contribution >= 0.6 is 0 Å². The molecule has 3 N–H and O–H groups in total. The van der Waals surface area contributed by atoms with E-state index >= 15 is 0 Å². The number of aliphatic imine (C=N–C) groups is 1. The largest absolute Gasteiger partial charge is 0.394 e. The van der Waals surface area contributed by atoms with Gasteiger partial charge in [-0.3, -0.25) is 19.8 Å². The minimum Gasteiger partial charge on any atom is -0.394 e. The fourth-order valence-corrected chi connectivity index (χ4v) is 4.21. The summed E-state index contributed by atoms with van der Waals surface area (Å²) in [6, 6.07) is 13.2. The molecule has 5 rings (SSSR count). The van der Waals surface area contributed by atoms with Crippen molar-refractivity contribution in [1.29, 1.82) is 0 Å². The quantitative estimate of drug-likeness (QED) is 0.442. The van der Waals surface area contributed by atoms with E-state index in [4.69, 9.17) is 0 Å². The van der Waals surface area contributed by atoms with Gasteiger partial charge in [0, 0.05) is 41.0 Å². The predicted molar refractivity (Wildman–Crippen MR) is 123 cm³/mol. The van der Waals surface area contributed by atoms with E-state index in [2.05, 4.69) is 25.3 Å². The number of hydrogen-bond donors (Lipinski definition) is 3. The fourth-order valence-electron chi connectivity index (χ4n) is 4.21. The molecular formula is C25H23N5O2. The average molecular weight is 425 g/mol. The summed E-state index contributed by atoms with van der Waals surface area (Å²) < 4.78 is 0. The lowest BCUT2D eigenvalue weighted by molar-refractivity contribution is -0.121. The number of hydrogen-bond acceptors (Lipinski definition) is 5. The number of aryl methyl sites for hydroxylation is 1. The van der Waals surface area contributed by atoms with Crippen molar-refractivity contribution in [2.24, 2.45) is 4.99 Å². The number of H-pyrrole nitrogens is 1. The van der Waals surface area contributed by atoms with Crippen LogP contribution in [0.25, 0.3) is 10.9 Å². The van der Waals surface area contributed by atoms with E-state index in [1.807, 2.05) is 55.6 Å². The lowest BCUT2D eigenvalue weighted by atomic mass is 10.0. The zero-order valence-corrected chi connectivity index (χ0v) is 17.7. The maximum absolute atomic E-state index is 12.7. The highest BCUT2D eigenvalue weighted by atomic mass is 16.3. The van der Waals surface area contributed by atoms with Gasteiger partial charge in [-0.1, -0.05) is 18.2 Å². The molecule has 0 saturated carbocycles. The molecule has 0 spiro atoms. The number of carbonyl (C=O) groups is 1. The van der Waals surface area contributed by atoms with E-state index in [1.165, 1.54) is 0 Å². The molecule has 1 aliphatic heterocycles. The second-order valence-corrected chi connectivity index (χ2v) is 7.95. The first kappa shape index (κ1) is 20.1. The second kappa shape index (κ2) is 8.36. The van der Waals surface area contributed by atoms with Gasteiger partial charge >= 0.3 is 0 Å². The Morgan fingerprint density at radius 3 is 2.97 bits per heavy atom. The topological polar surface area (TPSA) is 103 Å². The molecular weight excluding hydrogens is 402 g/mol. The third-order valence-electron chi connectivity index (χ3n) is 5.73. The summed E-state index contributed by atoms with van der Waals surface area (Å²) in [5, 5.41) is 13.9. The normalized spacial score (nSPS) is 13.6. The third kappa shape index (κ3) is 3.78. The average Bonchev–Trinajstić information content (AvgIpc) is 3.44. The van der Waals surface area contributed by atoms with Crippen LogP contribution in [0.2, 0.25) is 0 Å². The number of aromatic amines is 1. The Bertz CT molecular complexity index is 1340. The number of rotatable bonds is 6. The molecule has 1 atom stereocenters. The van der Waals surface area contributed by atoms with Crippen LogP contribution in [0.1, 0.15) is 39.7 Å². The minimum absolute atomic E-state index is 0.133. The van der Waals surface area contributed by atoms with Crippen molar-refractivity contribution in [3.05, 3.63) is 94.7 Å². The van der Waals surface area contributed by atoms with E-state index in [1.54, 1.807) is 12.4 Å². The number of benzene rings is 1. The van der Waals surface area contributed by atoms with Gasteiger partial charge in [0.25, 0.3) is 0 Å². The molecule has 7 heteroatoms. The highest BCUT2D eigenvalue weighted by Crippen LogP contribution is 2.25. The molecule has 0 radical (unpaired) electrons. The first-order valence-electron chi connectivity index (χ1n) is 10.5. The van der Waals surface area contributed by atoms with Crippen molar-refractivity contribution in [1.82, 2.24) is 20.3 Å². The molecule has 1 amide bonds. The number of pyridine rings is 2. The zero-order chi connectivity index (χ0) is 22.1. The summed E-state index contributed by atoms with van der Waals surface area (Å²) in [5.74, 6) is -0.191. The van der Waals surface area contributed by atoms with Gasteiger partial charge in [-0.2, -0.15) is 0 Å². The number of aliphatic hydroxyl groups excluding tert-OH is 1. The molecule has 4 aromatic rings. The molecule has 0 aliphatic carbocycles. The number of aromatic nitrogens is 3. The fraction of sp³-hybridized carbons (Fsp3) is 0.200. The second-order valence-electron chi connectivity index (χ2n) is 7.95. The lowest BCUT2D eigenvalue weighted by Crippen LogP contribution is -2.32. The summed E-state index contributed by atoms with van der Waals surface area (Å²) in [6.07, 6.45) is 5.56. The number of carbonyl (C=O) groups excluding carboxylic acids is 1. The van der Waals surface area contributed by atoms with E-state index in [9.17, 15) is 9.90 Å². The van der Waals surface area contributed by atoms with Crippen molar-refractivity contribution in [2.75, 3.05) is 6.61 Å². The van der Waals surface area contributed by atoms with Gasteiger partial charge in [0.15, 0.2) is 0 Å². The molecule has 1 aliphatic rings. The van der Waals surface area contributed by atoms with Crippen LogP contribution in [0.5, 0.6) is 0 Å². The standard InChI is InChI=1S/C25H23N5O2/c1-15-9-17(6-7-26-15)25-21-13-28-19(10-18(21)12-29-25)11-23(32)30-22(14-31)20-4-2-3-16-5-8-27-24(16)20/h2-10,13,22,27,31H,11-12,14H2,1H3,(H,30,32)/t22-/m0/s1. The number of para-hydroxylation sites is 1. The summed E-state index contributed by atoms with van der Waals surface area (Å²) in [5.41, 5.74) is 7.37. The maximum atomic E-state index is 12.7. The van der Waals surface area contributed by atoms with E-state index in [0.29, 0.717) is 12.2 Å². The SMILES string of the molecule is Cc1cc(C2=NCc3cc(CC(=O)N[C@@H](CO)c4cccc5cc[nH]c45)ncc32)ccn1. The van der Waals surface area contributed by atoms with Crippen molar-refractivity contribution in [3.63, 3.8) is 0 Å². The molecule has 3 aromatic heterocycles. The Morgan fingerprint density at radius 1 is 1.22 bits per heavy atom. The Morgan fingerprint density at radius 2 is 2.12 bits per heavy atom. The highest BCUT2D eigenvalue weighted by molar-refractivity contribution is 6.15. The molecule has 0 saturated heterocycles. The number of nitrogens with zero attached hydrogens (tertiary/aromatic N) is 3. The minimum atomic E-state index is -0.496. The third-order valence-corrected chi connectivity index (χ3v) is 5.73. The first-order valence-corrected chi connectivity index (χ1v) is 10.5. The van der Waals surface area contributed by atoms with Gasteiger partial charge in [0.1, 0.15) is 0 Å². The smallest absolute Gasteiger partial charge is 0.226 e. The maximum Gasteiger partial charge on any atom is 0.226 e. The van der Waals surface area contributed by atoms with Crippen LogP contribution in [0, 0.1) is 6.92 Å². The number of fused-ring (bicyclic) bond motifs is 2. The molecule has 1 aromatic carbocycles. The first-order chi connectivity index (χ1) is 15.6. The summed E-state index contributed by atoms with van der Waals surface area (Å²) >= 11 is 0. The lowest BCUT2D eigenvalue weighted by Gasteiger charge is -2.18. The monoisotopic (exact) mass is 425 g/mol. The van der Waals surface area contributed by atoms with Gasteiger partial charge < -0.3 is 15.4 Å². The number of nitrogens with one attached hydrogen (secondary N) is 2. The van der Waals surface area contributed by atoms with E-state index in [0.717, 1.165) is 44.6 Å². The Balaban J connectivity index is 1.31. The molecule has 4 heterocycles. The predicted octanol–water partition coefficient (Wildman–Crippen LogP) is 3.01. The highest BCUT2D eigenvalue weighted by Gasteiger charge is 2.21.